The van der Waals surface area contributed by atoms with Gasteiger partial charge in [0.15, 0.2) is 0 Å². The van der Waals surface area contributed by atoms with Crippen molar-refractivity contribution in [2.45, 2.75) is 23.6 Å². The Morgan fingerprint density at radius 2 is 2.40 bits per heavy atom. The van der Waals surface area contributed by atoms with Crippen LogP contribution in [0.4, 0.5) is 0 Å². The molecule has 0 aromatic heterocycles. The molecule has 0 bridgehead atoms. The fourth-order valence-corrected chi connectivity index (χ4v) is 1.41. The van der Waals surface area contributed by atoms with E-state index >= 15 is 0 Å². The second kappa shape index (κ2) is 5.38. The van der Waals surface area contributed by atoms with Gasteiger partial charge in [0.1, 0.15) is 0 Å². The van der Waals surface area contributed by atoms with Gasteiger partial charge in [0.25, 0.3) is 0 Å². The molecule has 0 aromatic carbocycles. The second-order valence-corrected chi connectivity index (χ2v) is 3.81. The number of nitrogens with zero attached hydrogens (tertiary/aromatic N) is 1. The van der Waals surface area contributed by atoms with Crippen LogP contribution in [0.2, 0.25) is 11.1 Å². The van der Waals surface area contributed by atoms with Crippen LogP contribution in [0.1, 0.15) is 6.42 Å². The zero-order valence-corrected chi connectivity index (χ0v) is 7.32. The number of carboxylic acids is 1. The van der Waals surface area contributed by atoms with E-state index in [0.717, 1.165) is 5.32 Å². The van der Waals surface area contributed by atoms with E-state index in [0.29, 0.717) is 21.4 Å². The van der Waals surface area contributed by atoms with Gasteiger partial charge in [-0.2, -0.15) is 0 Å². The van der Waals surface area contributed by atoms with Gasteiger partial charge in [0, 0.05) is 0 Å². The van der Waals surface area contributed by atoms with E-state index in [1.165, 1.54) is 0 Å². The Balaban J connectivity index is 3.60. The summed E-state index contributed by atoms with van der Waals surface area (Å²) >= 11 is 0.429. The molecule has 0 amide bonds. The van der Waals surface area contributed by atoms with Crippen molar-refractivity contribution in [2.75, 3.05) is 0 Å². The molecule has 1 unspecified atom stereocenters. The Hall–Kier alpha value is -0.411. The first-order valence-corrected chi connectivity index (χ1v) is 5.69. The molecule has 0 aliphatic rings. The predicted octanol–water partition coefficient (Wildman–Crippen LogP) is 0.767. The van der Waals surface area contributed by atoms with Gasteiger partial charge in [0.2, 0.25) is 0 Å². The van der Waals surface area contributed by atoms with Crippen LogP contribution in [0.15, 0.2) is 5.18 Å². The van der Waals surface area contributed by atoms with Crippen LogP contribution in [0.3, 0.4) is 0 Å². The molecule has 0 spiro atoms. The molecule has 5 heteroatoms. The minimum atomic E-state index is -1.11. The molecule has 10 heavy (non-hydrogen) atoms. The molecule has 0 saturated carbocycles. The van der Waals surface area contributed by atoms with Gasteiger partial charge in [-0.25, -0.2) is 0 Å². The third-order valence-corrected chi connectivity index (χ3v) is 2.36. The SMILES string of the molecule is C[Se]CCC(N=O)C(=O)O. The van der Waals surface area contributed by atoms with Crippen LogP contribution < -0.4 is 0 Å². The fraction of sp³-hybridized carbons (Fsp3) is 0.800. The van der Waals surface area contributed by atoms with Crippen molar-refractivity contribution in [3.05, 3.63) is 4.91 Å². The molecule has 4 nitrogen and oxygen atoms in total. The van der Waals surface area contributed by atoms with Crippen molar-refractivity contribution >= 4 is 20.9 Å². The summed E-state index contributed by atoms with van der Waals surface area (Å²) in [7, 11) is 0. The first-order chi connectivity index (χ1) is 4.72. The normalized spacial score (nSPS) is 12.5. The van der Waals surface area contributed by atoms with E-state index in [-0.39, 0.29) is 0 Å². The summed E-state index contributed by atoms with van der Waals surface area (Å²) in [4.78, 5) is 20.0. The Morgan fingerprint density at radius 3 is 2.70 bits per heavy atom. The molecular formula is C5H9NO3Se. The van der Waals surface area contributed by atoms with Gasteiger partial charge < -0.3 is 0 Å². The minimum absolute atomic E-state index is 0.384. The summed E-state index contributed by atoms with van der Waals surface area (Å²) in [6.45, 7) is 0. The van der Waals surface area contributed by atoms with Crippen molar-refractivity contribution in [2.24, 2.45) is 5.18 Å². The molecule has 0 fully saturated rings. The van der Waals surface area contributed by atoms with Gasteiger partial charge in [-0.3, -0.25) is 0 Å². The molecule has 0 radical (unpaired) electrons. The van der Waals surface area contributed by atoms with Crippen LogP contribution in [0.5, 0.6) is 0 Å². The fourth-order valence-electron chi connectivity index (χ4n) is 0.451. The molecule has 0 aliphatic heterocycles. The molecule has 58 valence electrons. The summed E-state index contributed by atoms with van der Waals surface area (Å²) in [6.07, 6.45) is 0.384. The Labute approximate surface area is 65.1 Å². The summed E-state index contributed by atoms with van der Waals surface area (Å²) in [5, 5.41) is 11.6. The Morgan fingerprint density at radius 1 is 1.80 bits per heavy atom. The van der Waals surface area contributed by atoms with E-state index in [1.807, 2.05) is 5.82 Å². The first kappa shape index (κ1) is 9.59. The molecular weight excluding hydrogens is 201 g/mol. The van der Waals surface area contributed by atoms with Gasteiger partial charge in [0.05, 0.1) is 0 Å². The van der Waals surface area contributed by atoms with E-state index < -0.39 is 12.0 Å². The number of aliphatic carboxylic acids is 1. The molecule has 0 aromatic rings. The van der Waals surface area contributed by atoms with Gasteiger partial charge >= 0.3 is 64.5 Å². The van der Waals surface area contributed by atoms with E-state index in [2.05, 4.69) is 5.18 Å². The Bertz CT molecular complexity index is 128. The molecule has 0 heterocycles. The maximum atomic E-state index is 10.1. The number of carboxylic acid groups (broad SMARTS) is 1. The average molecular weight is 210 g/mol. The molecule has 0 rings (SSSR count). The summed E-state index contributed by atoms with van der Waals surface area (Å²) in [5.41, 5.74) is 0. The zero-order valence-electron chi connectivity index (χ0n) is 5.61. The number of carbonyl (C=O) groups is 1. The molecule has 1 atom stereocenters. The molecule has 0 aliphatic carbocycles. The van der Waals surface area contributed by atoms with Crippen molar-refractivity contribution in [1.29, 1.82) is 0 Å². The summed E-state index contributed by atoms with van der Waals surface area (Å²) in [5.74, 6) is 0.885. The van der Waals surface area contributed by atoms with E-state index in [9.17, 15) is 9.70 Å². The van der Waals surface area contributed by atoms with E-state index in [4.69, 9.17) is 5.11 Å². The Kier molecular flexibility index (Phi) is 5.16. The van der Waals surface area contributed by atoms with Crippen molar-refractivity contribution < 1.29 is 9.90 Å². The van der Waals surface area contributed by atoms with Crippen LogP contribution in [-0.2, 0) is 4.79 Å². The predicted molar refractivity (Wildman–Crippen MR) is 38.3 cm³/mol. The van der Waals surface area contributed by atoms with Crippen LogP contribution >= 0.6 is 0 Å². The van der Waals surface area contributed by atoms with Crippen LogP contribution in [-0.4, -0.2) is 32.1 Å². The molecule has 0 saturated heterocycles. The van der Waals surface area contributed by atoms with E-state index in [1.54, 1.807) is 0 Å². The number of hydrogen-bond acceptors (Lipinski definition) is 3. The maximum absolute atomic E-state index is 10.1. The third kappa shape index (κ3) is 3.58. The quantitative estimate of drug-likeness (QED) is 0.538. The molecule has 1 N–H and O–H groups in total. The number of nitroso groups, excluding NO2 is 1. The summed E-state index contributed by atoms with van der Waals surface area (Å²) in [6, 6.07) is -1.03. The second-order valence-electron chi connectivity index (χ2n) is 1.74. The summed E-state index contributed by atoms with van der Waals surface area (Å²) < 4.78 is 0. The number of rotatable bonds is 5. The number of hydrogen-bond donors (Lipinski definition) is 1. The first-order valence-electron chi connectivity index (χ1n) is 2.76. The van der Waals surface area contributed by atoms with Crippen molar-refractivity contribution in [3.8, 4) is 0 Å². The topological polar surface area (TPSA) is 66.7 Å². The van der Waals surface area contributed by atoms with Crippen LogP contribution in [0.25, 0.3) is 0 Å². The van der Waals surface area contributed by atoms with Gasteiger partial charge in [-0.05, 0) is 0 Å². The van der Waals surface area contributed by atoms with Crippen molar-refractivity contribution in [3.63, 3.8) is 0 Å². The average Bonchev–Trinajstić information content (AvgIpc) is 1.89. The van der Waals surface area contributed by atoms with Crippen LogP contribution in [0, 0.1) is 4.91 Å². The standard InChI is InChI=1S/C5H9NO3Se/c1-10-3-2-4(6-9)5(7)8/h4H,2-3H2,1H3,(H,7,8). The monoisotopic (exact) mass is 211 g/mol. The van der Waals surface area contributed by atoms with Gasteiger partial charge in [-0.15, -0.1) is 0 Å². The zero-order chi connectivity index (χ0) is 7.98. The van der Waals surface area contributed by atoms with Crippen molar-refractivity contribution in [1.82, 2.24) is 0 Å². The van der Waals surface area contributed by atoms with Gasteiger partial charge in [-0.1, -0.05) is 0 Å². The third-order valence-electron chi connectivity index (χ3n) is 1.01.